The fourth-order valence-corrected chi connectivity index (χ4v) is 2.45. The normalized spacial score (nSPS) is 12.6. The standard InChI is InChI=1S/C14H17Cl2N3/c1-10(11-4-2-5-12(15)14(11)16)17-7-3-6-13-18-8-9-19-13/h2,4-5,8-10,17H,3,6-7H2,1H3,(H,18,19). The number of H-pyrrole nitrogens is 1. The average Bonchev–Trinajstić information content (AvgIpc) is 2.91. The van der Waals surface area contributed by atoms with Crippen LogP contribution in [0.2, 0.25) is 10.0 Å². The van der Waals surface area contributed by atoms with Gasteiger partial charge in [0.15, 0.2) is 0 Å². The van der Waals surface area contributed by atoms with Crippen molar-refractivity contribution >= 4 is 23.2 Å². The molecule has 1 aromatic heterocycles. The summed E-state index contributed by atoms with van der Waals surface area (Å²) in [6.07, 6.45) is 5.58. The smallest absolute Gasteiger partial charge is 0.106 e. The molecule has 1 aromatic carbocycles. The Kier molecular flexibility index (Phi) is 5.25. The van der Waals surface area contributed by atoms with Crippen LogP contribution in [0, 0.1) is 0 Å². The lowest BCUT2D eigenvalue weighted by molar-refractivity contribution is 0.555. The van der Waals surface area contributed by atoms with Crippen LogP contribution in [-0.4, -0.2) is 16.5 Å². The maximum atomic E-state index is 6.20. The van der Waals surface area contributed by atoms with Crippen molar-refractivity contribution in [2.75, 3.05) is 6.54 Å². The van der Waals surface area contributed by atoms with Gasteiger partial charge in [-0.1, -0.05) is 35.3 Å². The Morgan fingerprint density at radius 3 is 2.95 bits per heavy atom. The molecule has 102 valence electrons. The summed E-state index contributed by atoms with van der Waals surface area (Å²) >= 11 is 12.2. The van der Waals surface area contributed by atoms with Gasteiger partial charge in [0.25, 0.3) is 0 Å². The zero-order valence-electron chi connectivity index (χ0n) is 10.8. The zero-order valence-corrected chi connectivity index (χ0v) is 12.3. The maximum absolute atomic E-state index is 6.20. The van der Waals surface area contributed by atoms with Crippen molar-refractivity contribution in [2.45, 2.75) is 25.8 Å². The second kappa shape index (κ2) is 6.94. The Labute approximate surface area is 123 Å². The van der Waals surface area contributed by atoms with Gasteiger partial charge in [-0.3, -0.25) is 0 Å². The molecule has 5 heteroatoms. The predicted octanol–water partition coefficient (Wildman–Crippen LogP) is 4.00. The molecule has 0 radical (unpaired) electrons. The van der Waals surface area contributed by atoms with Gasteiger partial charge in [0.05, 0.1) is 10.0 Å². The number of halogens is 2. The number of hydrogen-bond acceptors (Lipinski definition) is 2. The molecule has 2 aromatic rings. The van der Waals surface area contributed by atoms with E-state index in [0.29, 0.717) is 10.0 Å². The number of aromatic amines is 1. The number of rotatable bonds is 6. The highest BCUT2D eigenvalue weighted by molar-refractivity contribution is 6.42. The molecule has 0 saturated heterocycles. The van der Waals surface area contributed by atoms with Gasteiger partial charge in [-0.15, -0.1) is 0 Å². The molecular weight excluding hydrogens is 281 g/mol. The van der Waals surface area contributed by atoms with Gasteiger partial charge in [0, 0.05) is 24.9 Å². The van der Waals surface area contributed by atoms with Gasteiger partial charge >= 0.3 is 0 Å². The predicted molar refractivity (Wildman–Crippen MR) is 79.8 cm³/mol. The minimum atomic E-state index is 0.183. The van der Waals surface area contributed by atoms with Crippen LogP contribution in [0.25, 0.3) is 0 Å². The molecule has 0 aliphatic rings. The number of nitrogens with zero attached hydrogens (tertiary/aromatic N) is 1. The van der Waals surface area contributed by atoms with Crippen molar-refractivity contribution in [3.63, 3.8) is 0 Å². The molecule has 0 fully saturated rings. The van der Waals surface area contributed by atoms with Crippen molar-refractivity contribution in [3.8, 4) is 0 Å². The summed E-state index contributed by atoms with van der Waals surface area (Å²) in [4.78, 5) is 7.29. The van der Waals surface area contributed by atoms with E-state index in [-0.39, 0.29) is 6.04 Å². The third-order valence-corrected chi connectivity index (χ3v) is 3.88. The topological polar surface area (TPSA) is 40.7 Å². The molecule has 1 atom stereocenters. The number of aryl methyl sites for hydroxylation is 1. The van der Waals surface area contributed by atoms with E-state index in [1.165, 1.54) is 0 Å². The van der Waals surface area contributed by atoms with E-state index >= 15 is 0 Å². The minimum absolute atomic E-state index is 0.183. The van der Waals surface area contributed by atoms with E-state index in [0.717, 1.165) is 30.8 Å². The van der Waals surface area contributed by atoms with Crippen LogP contribution in [0.1, 0.15) is 30.8 Å². The molecule has 0 saturated carbocycles. The molecule has 0 spiro atoms. The highest BCUT2D eigenvalue weighted by Crippen LogP contribution is 2.29. The second-order valence-corrected chi connectivity index (χ2v) is 5.24. The second-order valence-electron chi connectivity index (χ2n) is 4.46. The van der Waals surface area contributed by atoms with Crippen LogP contribution in [0.15, 0.2) is 30.6 Å². The lowest BCUT2D eigenvalue weighted by atomic mass is 10.1. The molecule has 0 aliphatic carbocycles. The van der Waals surface area contributed by atoms with E-state index in [4.69, 9.17) is 23.2 Å². The van der Waals surface area contributed by atoms with Crippen molar-refractivity contribution in [3.05, 3.63) is 52.0 Å². The molecule has 0 aliphatic heterocycles. The van der Waals surface area contributed by atoms with E-state index < -0.39 is 0 Å². The van der Waals surface area contributed by atoms with Gasteiger partial charge in [-0.2, -0.15) is 0 Å². The number of aromatic nitrogens is 2. The zero-order chi connectivity index (χ0) is 13.7. The van der Waals surface area contributed by atoms with Crippen LogP contribution in [-0.2, 0) is 6.42 Å². The SMILES string of the molecule is CC(NCCCc1ncc[nH]1)c1cccc(Cl)c1Cl. The van der Waals surface area contributed by atoms with Gasteiger partial charge in [0.2, 0.25) is 0 Å². The fraction of sp³-hybridized carbons (Fsp3) is 0.357. The molecule has 1 unspecified atom stereocenters. The van der Waals surface area contributed by atoms with Gasteiger partial charge < -0.3 is 10.3 Å². The average molecular weight is 298 g/mol. The molecule has 2 N–H and O–H groups in total. The van der Waals surface area contributed by atoms with Crippen LogP contribution < -0.4 is 5.32 Å². The summed E-state index contributed by atoms with van der Waals surface area (Å²) < 4.78 is 0. The van der Waals surface area contributed by atoms with Crippen molar-refractivity contribution < 1.29 is 0 Å². The molecule has 2 rings (SSSR count). The summed E-state index contributed by atoms with van der Waals surface area (Å²) in [5, 5.41) is 4.68. The summed E-state index contributed by atoms with van der Waals surface area (Å²) in [7, 11) is 0. The molecule has 1 heterocycles. The van der Waals surface area contributed by atoms with E-state index in [1.807, 2.05) is 18.3 Å². The van der Waals surface area contributed by atoms with Crippen LogP contribution >= 0.6 is 23.2 Å². The first-order valence-corrected chi connectivity index (χ1v) is 7.09. The van der Waals surface area contributed by atoms with Gasteiger partial charge in [-0.05, 0) is 31.5 Å². The Morgan fingerprint density at radius 1 is 1.37 bits per heavy atom. The van der Waals surface area contributed by atoms with E-state index in [9.17, 15) is 0 Å². The van der Waals surface area contributed by atoms with Crippen molar-refractivity contribution in [1.29, 1.82) is 0 Å². The molecule has 19 heavy (non-hydrogen) atoms. The summed E-state index contributed by atoms with van der Waals surface area (Å²) in [6.45, 7) is 3.00. The quantitative estimate of drug-likeness (QED) is 0.791. The Hall–Kier alpha value is -1.03. The Balaban J connectivity index is 1.81. The van der Waals surface area contributed by atoms with Crippen LogP contribution in [0.4, 0.5) is 0 Å². The van der Waals surface area contributed by atoms with Gasteiger partial charge in [0.1, 0.15) is 5.82 Å². The van der Waals surface area contributed by atoms with Crippen molar-refractivity contribution in [2.24, 2.45) is 0 Å². The first-order valence-electron chi connectivity index (χ1n) is 6.34. The molecular formula is C14H17Cl2N3. The summed E-state index contributed by atoms with van der Waals surface area (Å²) in [6, 6.07) is 5.91. The molecule has 3 nitrogen and oxygen atoms in total. The minimum Gasteiger partial charge on any atom is -0.349 e. The maximum Gasteiger partial charge on any atom is 0.106 e. The number of hydrogen-bond donors (Lipinski definition) is 2. The highest BCUT2D eigenvalue weighted by Gasteiger charge is 2.10. The first kappa shape index (κ1) is 14.4. The van der Waals surface area contributed by atoms with Crippen molar-refractivity contribution in [1.82, 2.24) is 15.3 Å². The summed E-state index contributed by atoms with van der Waals surface area (Å²) in [5.74, 6) is 1.02. The van der Waals surface area contributed by atoms with Gasteiger partial charge in [-0.25, -0.2) is 4.98 Å². The molecule has 0 bridgehead atoms. The molecule has 0 amide bonds. The number of imidazole rings is 1. The van der Waals surface area contributed by atoms with Crippen LogP contribution in [0.5, 0.6) is 0 Å². The first-order chi connectivity index (χ1) is 9.18. The van der Waals surface area contributed by atoms with E-state index in [2.05, 4.69) is 22.2 Å². The Bertz CT molecular complexity index is 511. The lowest BCUT2D eigenvalue weighted by Gasteiger charge is -2.16. The van der Waals surface area contributed by atoms with E-state index in [1.54, 1.807) is 12.3 Å². The number of nitrogens with one attached hydrogen (secondary N) is 2. The highest BCUT2D eigenvalue weighted by atomic mass is 35.5. The summed E-state index contributed by atoms with van der Waals surface area (Å²) in [5.41, 5.74) is 1.03. The third-order valence-electron chi connectivity index (χ3n) is 3.04. The monoisotopic (exact) mass is 297 g/mol. The Morgan fingerprint density at radius 2 is 2.21 bits per heavy atom. The largest absolute Gasteiger partial charge is 0.349 e. The third kappa shape index (κ3) is 3.96. The van der Waals surface area contributed by atoms with Crippen LogP contribution in [0.3, 0.4) is 0 Å². The lowest BCUT2D eigenvalue weighted by Crippen LogP contribution is -2.20. The number of benzene rings is 1. The fourth-order valence-electron chi connectivity index (χ4n) is 1.97.